The molecule has 1 aliphatic rings. The normalized spacial score (nSPS) is 20.3. The Kier molecular flexibility index (Phi) is 3.55. The van der Waals surface area contributed by atoms with Crippen molar-refractivity contribution in [2.24, 2.45) is 5.73 Å². The van der Waals surface area contributed by atoms with E-state index in [1.165, 1.54) is 6.07 Å². The van der Waals surface area contributed by atoms with Crippen molar-refractivity contribution >= 4 is 5.91 Å². The number of rotatable bonds is 2. The van der Waals surface area contributed by atoms with Gasteiger partial charge in [-0.05, 0) is 6.07 Å². The van der Waals surface area contributed by atoms with Crippen LogP contribution in [0.4, 0.5) is 0 Å². The van der Waals surface area contributed by atoms with Gasteiger partial charge in [-0.25, -0.2) is 0 Å². The molecule has 0 radical (unpaired) electrons. The number of pyridine rings is 1. The van der Waals surface area contributed by atoms with Gasteiger partial charge >= 0.3 is 0 Å². The summed E-state index contributed by atoms with van der Waals surface area (Å²) in [5.74, 6) is -0.190. The Labute approximate surface area is 98.4 Å². The Balaban J connectivity index is 2.12. The molecule has 92 valence electrons. The van der Waals surface area contributed by atoms with Crippen LogP contribution in [-0.4, -0.2) is 48.1 Å². The number of H-pyrrole nitrogens is 1. The molecule has 1 atom stereocenters. The predicted molar refractivity (Wildman–Crippen MR) is 61.8 cm³/mol. The van der Waals surface area contributed by atoms with E-state index in [9.17, 15) is 9.59 Å². The summed E-state index contributed by atoms with van der Waals surface area (Å²) in [5, 5.41) is 0. The minimum absolute atomic E-state index is 0.122. The van der Waals surface area contributed by atoms with Crippen LogP contribution in [0.2, 0.25) is 0 Å². The molecule has 0 aliphatic carbocycles. The van der Waals surface area contributed by atoms with Crippen LogP contribution in [0, 0.1) is 0 Å². The molecule has 3 N–H and O–H groups in total. The van der Waals surface area contributed by atoms with Crippen LogP contribution in [0.25, 0.3) is 0 Å². The highest BCUT2D eigenvalue weighted by Crippen LogP contribution is 2.07. The van der Waals surface area contributed by atoms with E-state index in [4.69, 9.17) is 10.5 Å². The van der Waals surface area contributed by atoms with Gasteiger partial charge in [0.25, 0.3) is 5.91 Å². The van der Waals surface area contributed by atoms with Crippen molar-refractivity contribution in [3.05, 3.63) is 34.2 Å². The second-order valence-corrected chi connectivity index (χ2v) is 3.91. The van der Waals surface area contributed by atoms with Gasteiger partial charge in [-0.2, -0.15) is 0 Å². The van der Waals surface area contributed by atoms with E-state index in [0.717, 1.165) is 0 Å². The molecule has 6 heteroatoms. The van der Waals surface area contributed by atoms with Crippen LogP contribution in [0.1, 0.15) is 10.5 Å². The van der Waals surface area contributed by atoms with Gasteiger partial charge in [-0.3, -0.25) is 9.59 Å². The van der Waals surface area contributed by atoms with Crippen molar-refractivity contribution in [1.82, 2.24) is 9.88 Å². The first kappa shape index (κ1) is 11.8. The van der Waals surface area contributed by atoms with Gasteiger partial charge in [0.2, 0.25) is 5.56 Å². The van der Waals surface area contributed by atoms with Gasteiger partial charge in [-0.1, -0.05) is 6.07 Å². The van der Waals surface area contributed by atoms with Crippen molar-refractivity contribution < 1.29 is 9.53 Å². The highest BCUT2D eigenvalue weighted by Gasteiger charge is 2.24. The lowest BCUT2D eigenvalue weighted by atomic mass is 10.2. The largest absolute Gasteiger partial charge is 0.373 e. The molecule has 1 saturated heterocycles. The summed E-state index contributed by atoms with van der Waals surface area (Å²) >= 11 is 0. The SMILES string of the molecule is NCC1CN(C(=O)c2cccc(=O)[nH]2)CCO1. The molecule has 0 saturated carbocycles. The second kappa shape index (κ2) is 5.11. The third-order valence-corrected chi connectivity index (χ3v) is 2.69. The van der Waals surface area contributed by atoms with E-state index in [1.54, 1.807) is 17.0 Å². The number of carbonyl (C=O) groups is 1. The van der Waals surface area contributed by atoms with E-state index in [-0.39, 0.29) is 17.6 Å². The lowest BCUT2D eigenvalue weighted by Crippen LogP contribution is -2.48. The number of nitrogens with zero attached hydrogens (tertiary/aromatic N) is 1. The molecule has 2 heterocycles. The van der Waals surface area contributed by atoms with Crippen LogP contribution in [-0.2, 0) is 4.74 Å². The summed E-state index contributed by atoms with van der Waals surface area (Å²) < 4.78 is 5.38. The number of hydrogen-bond donors (Lipinski definition) is 2. The zero-order chi connectivity index (χ0) is 12.3. The Morgan fingerprint density at radius 3 is 3.12 bits per heavy atom. The summed E-state index contributed by atoms with van der Waals surface area (Å²) in [7, 11) is 0. The fraction of sp³-hybridized carbons (Fsp3) is 0.455. The molecule has 0 bridgehead atoms. The van der Waals surface area contributed by atoms with Gasteiger partial charge in [0.1, 0.15) is 5.69 Å². The Bertz CT molecular complexity index is 457. The monoisotopic (exact) mass is 237 g/mol. The standard InChI is InChI=1S/C11H15N3O3/c12-6-8-7-14(4-5-17-8)11(16)9-2-1-3-10(15)13-9/h1-3,8H,4-7,12H2,(H,13,15). The predicted octanol–water partition coefficient (Wildman–Crippen LogP) is -0.825. The number of carbonyl (C=O) groups excluding carboxylic acids is 1. The van der Waals surface area contributed by atoms with Gasteiger partial charge in [0.05, 0.1) is 12.7 Å². The summed E-state index contributed by atoms with van der Waals surface area (Å²) in [6.45, 7) is 1.85. The quantitative estimate of drug-likeness (QED) is 0.703. The highest BCUT2D eigenvalue weighted by molar-refractivity contribution is 5.92. The van der Waals surface area contributed by atoms with E-state index < -0.39 is 0 Å². The highest BCUT2D eigenvalue weighted by atomic mass is 16.5. The molecule has 1 aromatic heterocycles. The van der Waals surface area contributed by atoms with Crippen molar-refractivity contribution in [2.75, 3.05) is 26.2 Å². The Morgan fingerprint density at radius 1 is 1.59 bits per heavy atom. The maximum atomic E-state index is 12.1. The summed E-state index contributed by atoms with van der Waals surface area (Å²) in [6.07, 6.45) is -0.122. The van der Waals surface area contributed by atoms with Crippen LogP contribution in [0.3, 0.4) is 0 Å². The number of nitrogens with one attached hydrogen (secondary N) is 1. The zero-order valence-corrected chi connectivity index (χ0v) is 9.39. The van der Waals surface area contributed by atoms with Crippen molar-refractivity contribution in [3.63, 3.8) is 0 Å². The molecular weight excluding hydrogens is 222 g/mol. The molecule has 1 fully saturated rings. The Hall–Kier alpha value is -1.66. The molecule has 1 aromatic rings. The molecule has 0 aromatic carbocycles. The lowest BCUT2D eigenvalue weighted by Gasteiger charge is -2.32. The summed E-state index contributed by atoms with van der Waals surface area (Å²) in [6, 6.07) is 4.53. The molecule has 2 rings (SSSR count). The molecule has 1 amide bonds. The number of amides is 1. The molecule has 1 unspecified atom stereocenters. The maximum Gasteiger partial charge on any atom is 0.270 e. The van der Waals surface area contributed by atoms with E-state index in [1.807, 2.05) is 0 Å². The minimum atomic E-state index is -0.278. The average Bonchev–Trinajstić information content (AvgIpc) is 2.38. The van der Waals surface area contributed by atoms with E-state index in [0.29, 0.717) is 31.9 Å². The molecule has 17 heavy (non-hydrogen) atoms. The van der Waals surface area contributed by atoms with Crippen LogP contribution < -0.4 is 11.3 Å². The van der Waals surface area contributed by atoms with Gasteiger partial charge in [0.15, 0.2) is 0 Å². The van der Waals surface area contributed by atoms with Gasteiger partial charge in [0, 0.05) is 25.7 Å². The summed E-state index contributed by atoms with van der Waals surface area (Å²) in [5.41, 5.74) is 5.53. The fourth-order valence-corrected chi connectivity index (χ4v) is 1.79. The fourth-order valence-electron chi connectivity index (χ4n) is 1.79. The Morgan fingerprint density at radius 2 is 2.41 bits per heavy atom. The average molecular weight is 237 g/mol. The van der Waals surface area contributed by atoms with E-state index in [2.05, 4.69) is 4.98 Å². The van der Waals surface area contributed by atoms with Crippen LogP contribution in [0.5, 0.6) is 0 Å². The van der Waals surface area contributed by atoms with Gasteiger partial charge < -0.3 is 20.4 Å². The lowest BCUT2D eigenvalue weighted by molar-refractivity contribution is -0.0169. The van der Waals surface area contributed by atoms with Crippen molar-refractivity contribution in [3.8, 4) is 0 Å². The third-order valence-electron chi connectivity index (χ3n) is 2.69. The molecular formula is C11H15N3O3. The first-order chi connectivity index (χ1) is 8.20. The number of morpholine rings is 1. The smallest absolute Gasteiger partial charge is 0.270 e. The second-order valence-electron chi connectivity index (χ2n) is 3.91. The first-order valence-electron chi connectivity index (χ1n) is 5.51. The molecule has 1 aliphatic heterocycles. The molecule has 0 spiro atoms. The van der Waals surface area contributed by atoms with Crippen molar-refractivity contribution in [1.29, 1.82) is 0 Å². The number of aromatic nitrogens is 1. The zero-order valence-electron chi connectivity index (χ0n) is 9.39. The minimum Gasteiger partial charge on any atom is -0.373 e. The summed E-state index contributed by atoms with van der Waals surface area (Å²) in [4.78, 5) is 27.4. The van der Waals surface area contributed by atoms with Crippen molar-refractivity contribution in [2.45, 2.75) is 6.10 Å². The number of ether oxygens (including phenoxy) is 1. The van der Waals surface area contributed by atoms with Gasteiger partial charge in [-0.15, -0.1) is 0 Å². The first-order valence-corrected chi connectivity index (χ1v) is 5.51. The van der Waals surface area contributed by atoms with E-state index >= 15 is 0 Å². The topological polar surface area (TPSA) is 88.4 Å². The number of aromatic amines is 1. The van der Waals surface area contributed by atoms with Crippen LogP contribution in [0.15, 0.2) is 23.0 Å². The molecule has 6 nitrogen and oxygen atoms in total. The number of hydrogen-bond acceptors (Lipinski definition) is 4. The van der Waals surface area contributed by atoms with Crippen LogP contribution >= 0.6 is 0 Å². The maximum absolute atomic E-state index is 12.1. The third kappa shape index (κ3) is 2.72. The number of nitrogens with two attached hydrogens (primary N) is 1.